The fraction of sp³-hybridized carbons (Fsp3) is 0.500. The Bertz CT molecular complexity index is 333. The van der Waals surface area contributed by atoms with Crippen LogP contribution in [0, 0.1) is 0 Å². The fourth-order valence-corrected chi connectivity index (χ4v) is 1.25. The first-order chi connectivity index (χ1) is 8.30. The molecule has 17 heavy (non-hydrogen) atoms. The van der Waals surface area contributed by atoms with Crippen LogP contribution >= 0.6 is 0 Å². The molecule has 0 fully saturated rings. The fourth-order valence-electron chi connectivity index (χ4n) is 1.25. The number of nitrogens with zero attached hydrogens (tertiary/aromatic N) is 3. The van der Waals surface area contributed by atoms with Crippen LogP contribution in [0.5, 0.6) is 5.75 Å². The molecule has 0 saturated heterocycles. The van der Waals surface area contributed by atoms with Gasteiger partial charge in [-0.05, 0) is 38.1 Å². The van der Waals surface area contributed by atoms with Gasteiger partial charge in [-0.15, -0.1) is 5.11 Å². The van der Waals surface area contributed by atoms with Crippen molar-refractivity contribution in [3.8, 4) is 5.75 Å². The van der Waals surface area contributed by atoms with Gasteiger partial charge in [0.05, 0.1) is 5.69 Å². The highest BCUT2D eigenvalue weighted by Crippen LogP contribution is 2.18. The first-order valence-electron chi connectivity index (χ1n) is 5.89. The van der Waals surface area contributed by atoms with E-state index in [4.69, 9.17) is 10.5 Å². The molecule has 1 aromatic rings. The monoisotopic (exact) mass is 236 g/mol. The van der Waals surface area contributed by atoms with Crippen LogP contribution in [0.25, 0.3) is 0 Å². The minimum absolute atomic E-state index is 0.517. The maximum atomic E-state index is 5.37. The Hall–Kier alpha value is -1.62. The zero-order chi connectivity index (χ0) is 12.5. The van der Waals surface area contributed by atoms with Crippen LogP contribution in [0.4, 0.5) is 5.69 Å². The molecule has 0 heterocycles. The molecule has 94 valence electrons. The van der Waals surface area contributed by atoms with Crippen LogP contribution in [0.15, 0.2) is 34.6 Å². The summed E-state index contributed by atoms with van der Waals surface area (Å²) in [6, 6.07) is 7.48. The molecule has 0 unspecified atom stereocenters. The Morgan fingerprint density at radius 1 is 1.18 bits per heavy atom. The van der Waals surface area contributed by atoms with E-state index in [1.165, 1.54) is 0 Å². The molecule has 0 amide bonds. The summed E-state index contributed by atoms with van der Waals surface area (Å²) in [5, 5.41) is 10.1. The Morgan fingerprint density at radius 3 is 2.35 bits per heavy atom. The summed E-state index contributed by atoms with van der Waals surface area (Å²) in [6.45, 7) is 6.86. The minimum Gasteiger partial charge on any atom is -0.492 e. The molecule has 0 aliphatic rings. The lowest BCUT2D eigenvalue weighted by atomic mass is 10.3. The standard InChI is InChI=1S/C12H20N4O/c1-3-16(4-2)15-14-11-5-7-12(8-6-11)17-10-9-13/h5-8H,3-4,9-10,13H2,1-2H3. The first-order valence-corrected chi connectivity index (χ1v) is 5.89. The molecule has 1 rings (SSSR count). The van der Waals surface area contributed by atoms with Gasteiger partial charge in [0.15, 0.2) is 0 Å². The molecule has 5 nitrogen and oxygen atoms in total. The van der Waals surface area contributed by atoms with Gasteiger partial charge >= 0.3 is 0 Å². The lowest BCUT2D eigenvalue weighted by Crippen LogP contribution is -2.14. The van der Waals surface area contributed by atoms with Gasteiger partial charge in [-0.25, -0.2) is 0 Å². The van der Waals surface area contributed by atoms with E-state index < -0.39 is 0 Å². The van der Waals surface area contributed by atoms with Gasteiger partial charge in [0, 0.05) is 19.6 Å². The summed E-state index contributed by atoms with van der Waals surface area (Å²) < 4.78 is 5.37. The van der Waals surface area contributed by atoms with Crippen molar-refractivity contribution in [2.45, 2.75) is 13.8 Å². The number of rotatable bonds is 7. The van der Waals surface area contributed by atoms with E-state index >= 15 is 0 Å². The van der Waals surface area contributed by atoms with Crippen LogP contribution in [0.3, 0.4) is 0 Å². The molecule has 0 bridgehead atoms. The number of hydrogen-bond acceptors (Lipinski definition) is 4. The largest absolute Gasteiger partial charge is 0.492 e. The summed E-state index contributed by atoms with van der Waals surface area (Å²) in [5.41, 5.74) is 6.17. The Morgan fingerprint density at radius 2 is 1.82 bits per heavy atom. The van der Waals surface area contributed by atoms with Crippen molar-refractivity contribution in [3.63, 3.8) is 0 Å². The predicted octanol–water partition coefficient (Wildman–Crippen LogP) is 2.36. The van der Waals surface area contributed by atoms with Crippen molar-refractivity contribution in [1.29, 1.82) is 0 Å². The third-order valence-corrected chi connectivity index (χ3v) is 2.24. The molecule has 0 saturated carbocycles. The van der Waals surface area contributed by atoms with Crippen molar-refractivity contribution in [3.05, 3.63) is 24.3 Å². The Labute approximate surface area is 102 Å². The van der Waals surface area contributed by atoms with Crippen molar-refractivity contribution < 1.29 is 4.74 Å². The summed E-state index contributed by atoms with van der Waals surface area (Å²) >= 11 is 0. The second kappa shape index (κ2) is 7.62. The normalized spacial score (nSPS) is 10.8. The second-order valence-electron chi connectivity index (χ2n) is 3.46. The van der Waals surface area contributed by atoms with Crippen molar-refractivity contribution in [1.82, 2.24) is 5.01 Å². The summed E-state index contributed by atoms with van der Waals surface area (Å²) in [5.74, 6) is 0.803. The first kappa shape index (κ1) is 13.4. The lowest BCUT2D eigenvalue weighted by molar-refractivity contribution is 0.300. The average molecular weight is 236 g/mol. The van der Waals surface area contributed by atoms with Crippen molar-refractivity contribution >= 4 is 5.69 Å². The van der Waals surface area contributed by atoms with E-state index in [1.807, 2.05) is 43.1 Å². The number of benzene rings is 1. The SMILES string of the molecule is CCN(CC)N=Nc1ccc(OCCN)cc1. The highest BCUT2D eigenvalue weighted by molar-refractivity contribution is 5.40. The van der Waals surface area contributed by atoms with E-state index in [1.54, 1.807) is 0 Å². The van der Waals surface area contributed by atoms with Gasteiger partial charge in [-0.2, -0.15) is 0 Å². The van der Waals surface area contributed by atoms with E-state index in [-0.39, 0.29) is 0 Å². The van der Waals surface area contributed by atoms with Gasteiger partial charge in [0.1, 0.15) is 12.4 Å². The molecular formula is C12H20N4O. The third kappa shape index (κ3) is 4.82. The van der Waals surface area contributed by atoms with E-state index in [9.17, 15) is 0 Å². The average Bonchev–Trinajstić information content (AvgIpc) is 2.39. The molecule has 2 N–H and O–H groups in total. The molecular weight excluding hydrogens is 216 g/mol. The van der Waals surface area contributed by atoms with Gasteiger partial charge < -0.3 is 10.5 Å². The third-order valence-electron chi connectivity index (χ3n) is 2.24. The highest BCUT2D eigenvalue weighted by Gasteiger charge is 1.95. The van der Waals surface area contributed by atoms with Gasteiger partial charge in [0.2, 0.25) is 0 Å². The van der Waals surface area contributed by atoms with Crippen molar-refractivity contribution in [2.75, 3.05) is 26.2 Å². The zero-order valence-corrected chi connectivity index (χ0v) is 10.5. The predicted molar refractivity (Wildman–Crippen MR) is 68.4 cm³/mol. The summed E-state index contributed by atoms with van der Waals surface area (Å²) in [6.07, 6.45) is 0. The van der Waals surface area contributed by atoms with E-state index in [2.05, 4.69) is 10.3 Å². The van der Waals surface area contributed by atoms with Crippen LogP contribution in [0.1, 0.15) is 13.8 Å². The smallest absolute Gasteiger partial charge is 0.119 e. The van der Waals surface area contributed by atoms with Gasteiger partial charge in [0.25, 0.3) is 0 Å². The molecule has 0 aromatic heterocycles. The lowest BCUT2D eigenvalue weighted by Gasteiger charge is -2.11. The molecule has 1 aromatic carbocycles. The van der Waals surface area contributed by atoms with E-state index in [0.717, 1.165) is 24.5 Å². The van der Waals surface area contributed by atoms with Crippen LogP contribution < -0.4 is 10.5 Å². The quantitative estimate of drug-likeness (QED) is 0.584. The van der Waals surface area contributed by atoms with Crippen molar-refractivity contribution in [2.24, 2.45) is 16.1 Å². The number of ether oxygens (including phenoxy) is 1. The molecule has 0 spiro atoms. The Balaban J connectivity index is 2.55. The molecule has 0 aliphatic carbocycles. The maximum Gasteiger partial charge on any atom is 0.119 e. The topological polar surface area (TPSA) is 63.2 Å². The number of nitrogens with two attached hydrogens (primary N) is 1. The molecule has 5 heteroatoms. The second-order valence-corrected chi connectivity index (χ2v) is 3.46. The molecule has 0 radical (unpaired) electrons. The maximum absolute atomic E-state index is 5.37. The van der Waals surface area contributed by atoms with Crippen LogP contribution in [-0.4, -0.2) is 31.3 Å². The number of hydrogen-bond donors (Lipinski definition) is 1. The summed E-state index contributed by atoms with van der Waals surface area (Å²) in [4.78, 5) is 0. The van der Waals surface area contributed by atoms with Crippen LogP contribution in [-0.2, 0) is 0 Å². The minimum atomic E-state index is 0.517. The molecule has 0 atom stereocenters. The highest BCUT2D eigenvalue weighted by atomic mass is 16.5. The summed E-state index contributed by atoms with van der Waals surface area (Å²) in [7, 11) is 0. The van der Waals surface area contributed by atoms with Crippen LogP contribution in [0.2, 0.25) is 0 Å². The molecule has 0 aliphatic heterocycles. The Kier molecular flexibility index (Phi) is 6.03. The van der Waals surface area contributed by atoms with Gasteiger partial charge in [-0.1, -0.05) is 5.22 Å². The zero-order valence-electron chi connectivity index (χ0n) is 10.5. The van der Waals surface area contributed by atoms with E-state index in [0.29, 0.717) is 13.2 Å². The van der Waals surface area contributed by atoms with Gasteiger partial charge in [-0.3, -0.25) is 5.01 Å².